The van der Waals surface area contributed by atoms with Gasteiger partial charge in [0.1, 0.15) is 5.75 Å². The van der Waals surface area contributed by atoms with Crippen molar-refractivity contribution in [3.8, 4) is 5.75 Å². The Morgan fingerprint density at radius 2 is 2.18 bits per heavy atom. The molecule has 5 heteroatoms. The molecule has 0 atom stereocenters. The lowest BCUT2D eigenvalue weighted by Crippen LogP contribution is -2.35. The third-order valence-electron chi connectivity index (χ3n) is 3.88. The van der Waals surface area contributed by atoms with Crippen molar-refractivity contribution in [3.63, 3.8) is 0 Å². The molecule has 0 radical (unpaired) electrons. The summed E-state index contributed by atoms with van der Waals surface area (Å²) >= 11 is 6.09. The summed E-state index contributed by atoms with van der Waals surface area (Å²) in [5.74, 6) is 1.37. The van der Waals surface area contributed by atoms with Crippen molar-refractivity contribution in [2.45, 2.75) is 33.1 Å². The number of hydrogen-bond acceptors (Lipinski definition) is 3. The molecule has 22 heavy (non-hydrogen) atoms. The third-order valence-corrected chi connectivity index (χ3v) is 4.28. The van der Waals surface area contributed by atoms with Crippen molar-refractivity contribution in [1.29, 1.82) is 0 Å². The minimum absolute atomic E-state index is 0.00544. The standard InChI is InChI=1S/C17H25ClN2O2/c1-4-7-20(10-13-5-6-13)11-17(21)19-15-8-12(2)14(18)9-16(15)22-3/h8-9,13H,4-7,10-11H2,1-3H3,(H,19,21). The minimum Gasteiger partial charge on any atom is -0.495 e. The first-order chi connectivity index (χ1) is 10.5. The molecule has 1 aliphatic rings. The highest BCUT2D eigenvalue weighted by Crippen LogP contribution is 2.31. The van der Waals surface area contributed by atoms with E-state index in [1.165, 1.54) is 12.8 Å². The molecule has 0 heterocycles. The molecule has 1 saturated carbocycles. The first-order valence-electron chi connectivity index (χ1n) is 7.89. The van der Waals surface area contributed by atoms with Crippen molar-refractivity contribution in [1.82, 2.24) is 4.90 Å². The Kier molecular flexibility index (Phi) is 6.09. The Balaban J connectivity index is 1.99. The molecule has 1 aromatic rings. The number of carbonyl (C=O) groups is 1. The van der Waals surface area contributed by atoms with Crippen molar-refractivity contribution < 1.29 is 9.53 Å². The topological polar surface area (TPSA) is 41.6 Å². The molecule has 122 valence electrons. The lowest BCUT2D eigenvalue weighted by Gasteiger charge is -2.21. The number of halogens is 1. The second-order valence-corrected chi connectivity index (χ2v) is 6.44. The molecule has 2 rings (SSSR count). The summed E-state index contributed by atoms with van der Waals surface area (Å²) in [7, 11) is 1.58. The number of carbonyl (C=O) groups excluding carboxylic acids is 1. The normalized spacial score (nSPS) is 14.2. The summed E-state index contributed by atoms with van der Waals surface area (Å²) in [4.78, 5) is 14.6. The molecular weight excluding hydrogens is 300 g/mol. The second kappa shape index (κ2) is 7.84. The van der Waals surface area contributed by atoms with Gasteiger partial charge >= 0.3 is 0 Å². The van der Waals surface area contributed by atoms with Gasteiger partial charge in [0.25, 0.3) is 0 Å². The zero-order valence-electron chi connectivity index (χ0n) is 13.6. The van der Waals surface area contributed by atoms with E-state index in [-0.39, 0.29) is 5.91 Å². The number of aryl methyl sites for hydroxylation is 1. The van der Waals surface area contributed by atoms with Gasteiger partial charge in [0.05, 0.1) is 19.3 Å². The zero-order chi connectivity index (χ0) is 16.1. The van der Waals surface area contributed by atoms with Crippen LogP contribution in [0.25, 0.3) is 0 Å². The number of ether oxygens (including phenoxy) is 1. The number of nitrogens with zero attached hydrogens (tertiary/aromatic N) is 1. The summed E-state index contributed by atoms with van der Waals surface area (Å²) in [6.07, 6.45) is 3.65. The van der Waals surface area contributed by atoms with Crippen LogP contribution >= 0.6 is 11.6 Å². The number of benzene rings is 1. The summed E-state index contributed by atoms with van der Waals surface area (Å²) in [6, 6.07) is 3.59. The van der Waals surface area contributed by atoms with E-state index in [0.717, 1.165) is 31.0 Å². The number of amides is 1. The maximum atomic E-state index is 12.3. The number of methoxy groups -OCH3 is 1. The van der Waals surface area contributed by atoms with Gasteiger partial charge in [-0.2, -0.15) is 0 Å². The Morgan fingerprint density at radius 3 is 2.77 bits per heavy atom. The molecule has 0 bridgehead atoms. The van der Waals surface area contributed by atoms with Crippen LogP contribution in [0.4, 0.5) is 5.69 Å². The van der Waals surface area contributed by atoms with Gasteiger partial charge in [-0.05, 0) is 50.3 Å². The van der Waals surface area contributed by atoms with Crippen LogP contribution in [0.1, 0.15) is 31.7 Å². The van der Waals surface area contributed by atoms with Crippen LogP contribution in [0, 0.1) is 12.8 Å². The quantitative estimate of drug-likeness (QED) is 0.792. The van der Waals surface area contributed by atoms with Gasteiger partial charge in [0.2, 0.25) is 5.91 Å². The van der Waals surface area contributed by atoms with Crippen molar-refractivity contribution in [2.24, 2.45) is 5.92 Å². The molecule has 1 amide bonds. The molecule has 1 aliphatic carbocycles. The van der Waals surface area contributed by atoms with E-state index in [1.54, 1.807) is 13.2 Å². The largest absolute Gasteiger partial charge is 0.495 e. The smallest absolute Gasteiger partial charge is 0.238 e. The van der Waals surface area contributed by atoms with Gasteiger partial charge in [-0.15, -0.1) is 0 Å². The molecule has 0 aromatic heterocycles. The average molecular weight is 325 g/mol. The highest BCUT2D eigenvalue weighted by molar-refractivity contribution is 6.31. The van der Waals surface area contributed by atoms with E-state index in [2.05, 4.69) is 17.1 Å². The Labute approximate surface area is 137 Å². The van der Waals surface area contributed by atoms with Crippen molar-refractivity contribution >= 4 is 23.2 Å². The van der Waals surface area contributed by atoms with Crippen molar-refractivity contribution in [3.05, 3.63) is 22.7 Å². The highest BCUT2D eigenvalue weighted by Gasteiger charge is 2.25. The minimum atomic E-state index is -0.00544. The van der Waals surface area contributed by atoms with E-state index < -0.39 is 0 Å². The number of anilines is 1. The highest BCUT2D eigenvalue weighted by atomic mass is 35.5. The van der Waals surface area contributed by atoms with E-state index in [1.807, 2.05) is 13.0 Å². The van der Waals surface area contributed by atoms with Gasteiger partial charge in [-0.1, -0.05) is 18.5 Å². The Bertz CT molecular complexity index is 530. The Morgan fingerprint density at radius 1 is 1.45 bits per heavy atom. The van der Waals surface area contributed by atoms with Crippen LogP contribution in [0.15, 0.2) is 12.1 Å². The SMILES string of the molecule is CCCN(CC(=O)Nc1cc(C)c(Cl)cc1OC)CC1CC1. The summed E-state index contributed by atoms with van der Waals surface area (Å²) in [5.41, 5.74) is 1.60. The summed E-state index contributed by atoms with van der Waals surface area (Å²) in [5, 5.41) is 3.58. The van der Waals surface area contributed by atoms with Crippen LogP contribution in [-0.2, 0) is 4.79 Å². The molecule has 1 N–H and O–H groups in total. The van der Waals surface area contributed by atoms with Crippen LogP contribution in [-0.4, -0.2) is 37.6 Å². The van der Waals surface area contributed by atoms with Gasteiger partial charge in [-0.3, -0.25) is 9.69 Å². The third kappa shape index (κ3) is 4.89. The number of rotatable bonds is 8. The molecule has 1 fully saturated rings. The molecule has 1 aromatic carbocycles. The Hall–Kier alpha value is -1.26. The molecule has 0 spiro atoms. The maximum Gasteiger partial charge on any atom is 0.238 e. The predicted molar refractivity (Wildman–Crippen MR) is 90.8 cm³/mol. The number of hydrogen-bond donors (Lipinski definition) is 1. The summed E-state index contributed by atoms with van der Waals surface area (Å²) < 4.78 is 5.30. The number of nitrogens with one attached hydrogen (secondary N) is 1. The summed E-state index contributed by atoms with van der Waals surface area (Å²) in [6.45, 7) is 6.46. The fraction of sp³-hybridized carbons (Fsp3) is 0.588. The second-order valence-electron chi connectivity index (χ2n) is 6.03. The average Bonchev–Trinajstić information content (AvgIpc) is 3.26. The van der Waals surface area contributed by atoms with Gasteiger partial charge in [0.15, 0.2) is 0 Å². The lowest BCUT2D eigenvalue weighted by molar-refractivity contribution is -0.117. The fourth-order valence-electron chi connectivity index (χ4n) is 2.54. The van der Waals surface area contributed by atoms with Gasteiger partial charge in [0, 0.05) is 17.6 Å². The van der Waals surface area contributed by atoms with Crippen molar-refractivity contribution in [2.75, 3.05) is 32.1 Å². The van der Waals surface area contributed by atoms with Gasteiger partial charge in [-0.25, -0.2) is 0 Å². The van der Waals surface area contributed by atoms with Crippen LogP contribution in [0.3, 0.4) is 0 Å². The van der Waals surface area contributed by atoms with E-state index in [4.69, 9.17) is 16.3 Å². The van der Waals surface area contributed by atoms with Crippen LogP contribution in [0.2, 0.25) is 5.02 Å². The van der Waals surface area contributed by atoms with E-state index in [9.17, 15) is 4.79 Å². The molecule has 4 nitrogen and oxygen atoms in total. The molecular formula is C17H25ClN2O2. The lowest BCUT2D eigenvalue weighted by atomic mass is 10.2. The first-order valence-corrected chi connectivity index (χ1v) is 8.27. The fourth-order valence-corrected chi connectivity index (χ4v) is 2.69. The van der Waals surface area contributed by atoms with E-state index in [0.29, 0.717) is 23.0 Å². The van der Waals surface area contributed by atoms with Crippen LogP contribution < -0.4 is 10.1 Å². The zero-order valence-corrected chi connectivity index (χ0v) is 14.4. The van der Waals surface area contributed by atoms with Crippen LogP contribution in [0.5, 0.6) is 5.75 Å². The maximum absolute atomic E-state index is 12.3. The van der Waals surface area contributed by atoms with Gasteiger partial charge < -0.3 is 10.1 Å². The molecule has 0 unspecified atom stereocenters. The van der Waals surface area contributed by atoms with E-state index >= 15 is 0 Å². The molecule has 0 saturated heterocycles. The predicted octanol–water partition coefficient (Wildman–Crippen LogP) is 3.72. The molecule has 0 aliphatic heterocycles. The first kappa shape index (κ1) is 17.1. The monoisotopic (exact) mass is 324 g/mol.